The summed E-state index contributed by atoms with van der Waals surface area (Å²) in [5, 5.41) is 10.7. The predicted molar refractivity (Wildman–Crippen MR) is 90.6 cm³/mol. The van der Waals surface area contributed by atoms with E-state index in [1.165, 1.54) is 0 Å². The highest BCUT2D eigenvalue weighted by Gasteiger charge is 2.09. The van der Waals surface area contributed by atoms with Crippen molar-refractivity contribution in [1.82, 2.24) is 4.98 Å². The van der Waals surface area contributed by atoms with Gasteiger partial charge in [-0.25, -0.2) is 4.98 Å². The molecule has 0 saturated heterocycles. The molecule has 0 atom stereocenters. The number of hydrogen-bond acceptors (Lipinski definition) is 4. The molecular weight excluding hydrogens is 385 g/mol. The van der Waals surface area contributed by atoms with Crippen molar-refractivity contribution in [2.75, 3.05) is 6.61 Å². The molecule has 0 bridgehead atoms. The summed E-state index contributed by atoms with van der Waals surface area (Å²) in [6, 6.07) is 11.5. The van der Waals surface area contributed by atoms with E-state index in [9.17, 15) is 5.11 Å². The monoisotopic (exact) mass is 397 g/mol. The molecule has 1 heterocycles. The molecule has 2 aromatic carbocycles. The fraction of sp³-hybridized carbons (Fsp3) is 0.133. The fourth-order valence-corrected chi connectivity index (χ4v) is 3.26. The van der Waals surface area contributed by atoms with E-state index in [0.29, 0.717) is 6.61 Å². The van der Waals surface area contributed by atoms with Gasteiger partial charge in [0.05, 0.1) is 20.4 Å². The van der Waals surface area contributed by atoms with Gasteiger partial charge in [-0.1, -0.05) is 6.07 Å². The van der Waals surface area contributed by atoms with Gasteiger partial charge in [-0.05, 0) is 59.8 Å². The van der Waals surface area contributed by atoms with E-state index in [2.05, 4.69) is 27.6 Å². The molecule has 3 rings (SSSR count). The number of fused-ring (bicyclic) bond motifs is 1. The van der Waals surface area contributed by atoms with E-state index in [0.717, 1.165) is 30.1 Å². The first-order valence-electron chi connectivity index (χ1n) is 6.19. The zero-order valence-electron chi connectivity index (χ0n) is 10.8. The van der Waals surface area contributed by atoms with Crippen LogP contribution in [0, 0.1) is 3.57 Å². The summed E-state index contributed by atoms with van der Waals surface area (Å²) in [4.78, 5) is 4.60. The summed E-state index contributed by atoms with van der Waals surface area (Å²) in [5.41, 5.74) is 1.88. The Morgan fingerprint density at radius 3 is 2.85 bits per heavy atom. The number of phenolic OH excluding ortho intramolecular Hbond substituents is 1. The first-order valence-corrected chi connectivity index (χ1v) is 8.09. The number of hydrogen-bond donors (Lipinski definition) is 1. The number of rotatable bonds is 3. The highest BCUT2D eigenvalue weighted by Crippen LogP contribution is 2.34. The van der Waals surface area contributed by atoms with Gasteiger partial charge in [-0.3, -0.25) is 0 Å². The van der Waals surface area contributed by atoms with E-state index in [1.807, 2.05) is 37.3 Å². The molecular formula is C15H12INO2S. The SMILES string of the molecule is CCOc1ccc2nc(-c3ccc(I)c(O)c3)sc2c1. The number of halogens is 1. The van der Waals surface area contributed by atoms with Gasteiger partial charge in [0, 0.05) is 5.56 Å². The predicted octanol–water partition coefficient (Wildman–Crippen LogP) is 4.67. The van der Waals surface area contributed by atoms with Crippen molar-refractivity contribution in [2.24, 2.45) is 0 Å². The van der Waals surface area contributed by atoms with Gasteiger partial charge in [0.1, 0.15) is 16.5 Å². The summed E-state index contributed by atoms with van der Waals surface area (Å²) in [6.07, 6.45) is 0. The molecule has 0 saturated carbocycles. The standard InChI is InChI=1S/C15H12INO2S/c1-2-19-10-4-6-12-14(8-10)20-15(17-12)9-3-5-11(16)13(18)7-9/h3-8,18H,2H2,1H3. The van der Waals surface area contributed by atoms with Crippen LogP contribution in [0.15, 0.2) is 36.4 Å². The summed E-state index contributed by atoms with van der Waals surface area (Å²) in [6.45, 7) is 2.62. The molecule has 1 aromatic heterocycles. The van der Waals surface area contributed by atoms with Gasteiger partial charge in [0.2, 0.25) is 0 Å². The third-order valence-electron chi connectivity index (χ3n) is 2.86. The summed E-state index contributed by atoms with van der Waals surface area (Å²) in [7, 11) is 0. The van der Waals surface area contributed by atoms with Crippen molar-refractivity contribution in [3.8, 4) is 22.1 Å². The lowest BCUT2D eigenvalue weighted by Crippen LogP contribution is -1.89. The molecule has 0 aliphatic rings. The van der Waals surface area contributed by atoms with Gasteiger partial charge in [-0.2, -0.15) is 0 Å². The molecule has 102 valence electrons. The molecule has 1 N–H and O–H groups in total. The van der Waals surface area contributed by atoms with Crippen LogP contribution in [0.5, 0.6) is 11.5 Å². The lowest BCUT2D eigenvalue weighted by Gasteiger charge is -2.00. The number of nitrogens with zero attached hydrogens (tertiary/aromatic N) is 1. The number of phenols is 1. The van der Waals surface area contributed by atoms with Crippen LogP contribution in [0.2, 0.25) is 0 Å². The highest BCUT2D eigenvalue weighted by atomic mass is 127. The lowest BCUT2D eigenvalue weighted by atomic mass is 10.2. The summed E-state index contributed by atoms with van der Waals surface area (Å²) in [5.74, 6) is 1.15. The number of ether oxygens (including phenoxy) is 1. The zero-order valence-corrected chi connectivity index (χ0v) is 13.7. The van der Waals surface area contributed by atoms with Gasteiger partial charge in [0.25, 0.3) is 0 Å². The number of thiazole rings is 1. The molecule has 5 heteroatoms. The normalized spacial score (nSPS) is 10.9. The fourth-order valence-electron chi connectivity index (χ4n) is 1.93. The second kappa shape index (κ2) is 5.57. The average molecular weight is 397 g/mol. The molecule has 0 radical (unpaired) electrons. The molecule has 0 unspecified atom stereocenters. The molecule has 0 fully saturated rings. The minimum absolute atomic E-state index is 0.289. The van der Waals surface area contributed by atoms with Crippen molar-refractivity contribution in [1.29, 1.82) is 0 Å². The van der Waals surface area contributed by atoms with Gasteiger partial charge < -0.3 is 9.84 Å². The third-order valence-corrected chi connectivity index (χ3v) is 4.84. The van der Waals surface area contributed by atoms with Gasteiger partial charge >= 0.3 is 0 Å². The van der Waals surface area contributed by atoms with E-state index in [1.54, 1.807) is 17.4 Å². The maximum absolute atomic E-state index is 9.80. The molecule has 0 aliphatic carbocycles. The Labute approximate surface area is 134 Å². The number of benzene rings is 2. The first-order chi connectivity index (χ1) is 9.67. The minimum atomic E-state index is 0.289. The number of aromatic nitrogens is 1. The van der Waals surface area contributed by atoms with Crippen LogP contribution in [-0.4, -0.2) is 16.7 Å². The van der Waals surface area contributed by atoms with Crippen molar-refractivity contribution >= 4 is 44.1 Å². The van der Waals surface area contributed by atoms with Crippen LogP contribution in [-0.2, 0) is 0 Å². The van der Waals surface area contributed by atoms with Crippen LogP contribution < -0.4 is 4.74 Å². The second-order valence-corrected chi connectivity index (χ2v) is 6.44. The molecule has 0 amide bonds. The van der Waals surface area contributed by atoms with Crippen LogP contribution in [0.4, 0.5) is 0 Å². The first kappa shape index (κ1) is 13.6. The van der Waals surface area contributed by atoms with E-state index < -0.39 is 0 Å². The van der Waals surface area contributed by atoms with Crippen LogP contribution in [0.3, 0.4) is 0 Å². The molecule has 3 nitrogen and oxygen atoms in total. The van der Waals surface area contributed by atoms with Crippen LogP contribution in [0.25, 0.3) is 20.8 Å². The lowest BCUT2D eigenvalue weighted by molar-refractivity contribution is 0.341. The molecule has 0 aliphatic heterocycles. The third kappa shape index (κ3) is 2.60. The van der Waals surface area contributed by atoms with Gasteiger partial charge in [-0.15, -0.1) is 11.3 Å². The van der Waals surface area contributed by atoms with Crippen molar-refractivity contribution < 1.29 is 9.84 Å². The molecule has 20 heavy (non-hydrogen) atoms. The summed E-state index contributed by atoms with van der Waals surface area (Å²) >= 11 is 3.70. The average Bonchev–Trinajstić information content (AvgIpc) is 2.85. The second-order valence-electron chi connectivity index (χ2n) is 4.25. The maximum Gasteiger partial charge on any atom is 0.129 e. The Hall–Kier alpha value is -1.34. The highest BCUT2D eigenvalue weighted by molar-refractivity contribution is 14.1. The molecule has 3 aromatic rings. The Bertz CT molecular complexity index is 770. The Balaban J connectivity index is 2.05. The maximum atomic E-state index is 9.80. The van der Waals surface area contributed by atoms with E-state index in [4.69, 9.17) is 4.74 Å². The van der Waals surface area contributed by atoms with E-state index >= 15 is 0 Å². The van der Waals surface area contributed by atoms with Gasteiger partial charge in [0.15, 0.2) is 0 Å². The largest absolute Gasteiger partial charge is 0.507 e. The van der Waals surface area contributed by atoms with Crippen molar-refractivity contribution in [3.63, 3.8) is 0 Å². The summed E-state index contributed by atoms with van der Waals surface area (Å²) < 4.78 is 7.43. The smallest absolute Gasteiger partial charge is 0.129 e. The molecule has 0 spiro atoms. The van der Waals surface area contributed by atoms with Crippen LogP contribution >= 0.6 is 33.9 Å². The topological polar surface area (TPSA) is 42.4 Å². The minimum Gasteiger partial charge on any atom is -0.507 e. The Morgan fingerprint density at radius 2 is 2.10 bits per heavy atom. The van der Waals surface area contributed by atoms with Crippen molar-refractivity contribution in [3.05, 3.63) is 40.0 Å². The Kier molecular flexibility index (Phi) is 3.80. The van der Waals surface area contributed by atoms with E-state index in [-0.39, 0.29) is 5.75 Å². The quantitative estimate of drug-likeness (QED) is 0.653. The number of aromatic hydroxyl groups is 1. The Morgan fingerprint density at radius 1 is 1.25 bits per heavy atom. The zero-order chi connectivity index (χ0) is 14.1. The van der Waals surface area contributed by atoms with Crippen LogP contribution in [0.1, 0.15) is 6.92 Å². The van der Waals surface area contributed by atoms with Crippen molar-refractivity contribution in [2.45, 2.75) is 6.92 Å².